The molecule has 6 heteroatoms. The number of aromatic nitrogens is 1. The van der Waals surface area contributed by atoms with Crippen LogP contribution in [0.4, 0.5) is 8.78 Å². The van der Waals surface area contributed by atoms with Gasteiger partial charge in [-0.1, -0.05) is 24.3 Å². The number of hydrogen-bond acceptors (Lipinski definition) is 2. The fourth-order valence-electron chi connectivity index (χ4n) is 2.42. The first-order valence-corrected chi connectivity index (χ1v) is 8.34. The lowest BCUT2D eigenvalue weighted by atomic mass is 10.1. The first kappa shape index (κ1) is 17.4. The zero-order chi connectivity index (χ0) is 17.8. The molecular weight excluding hydrogens is 392 g/mol. The molecule has 0 radical (unpaired) electrons. The van der Waals surface area contributed by atoms with E-state index in [1.165, 1.54) is 24.3 Å². The van der Waals surface area contributed by atoms with Crippen LogP contribution >= 0.6 is 15.9 Å². The number of rotatable bonds is 5. The molecule has 128 valence electrons. The van der Waals surface area contributed by atoms with E-state index in [2.05, 4.69) is 20.9 Å². The molecule has 1 heterocycles. The molecule has 25 heavy (non-hydrogen) atoms. The Kier molecular flexibility index (Phi) is 5.28. The van der Waals surface area contributed by atoms with Gasteiger partial charge in [0.1, 0.15) is 28.5 Å². The Labute approximate surface area is 151 Å². The minimum absolute atomic E-state index is 0.179. The van der Waals surface area contributed by atoms with Gasteiger partial charge in [0.2, 0.25) is 0 Å². The van der Waals surface area contributed by atoms with E-state index in [0.717, 1.165) is 11.1 Å². The van der Waals surface area contributed by atoms with E-state index in [1.54, 1.807) is 30.5 Å². The second kappa shape index (κ2) is 7.61. The monoisotopic (exact) mass is 405 g/mol. The number of H-pyrrole nitrogens is 1. The normalized spacial score (nSPS) is 10.7. The molecule has 3 rings (SSSR count). The highest BCUT2D eigenvalue weighted by molar-refractivity contribution is 9.10. The highest BCUT2D eigenvalue weighted by Gasteiger charge is 2.13. The molecule has 0 aliphatic rings. The van der Waals surface area contributed by atoms with E-state index in [1.807, 2.05) is 0 Å². The molecule has 0 unspecified atom stereocenters. The zero-order valence-electron chi connectivity index (χ0n) is 13.1. The van der Waals surface area contributed by atoms with Gasteiger partial charge in [-0.15, -0.1) is 0 Å². The van der Waals surface area contributed by atoms with Gasteiger partial charge in [-0.2, -0.15) is 0 Å². The molecule has 0 aliphatic heterocycles. The molecule has 0 fully saturated rings. The molecule has 1 N–H and O–H groups in total. The lowest BCUT2D eigenvalue weighted by Crippen LogP contribution is -2.11. The summed E-state index contributed by atoms with van der Waals surface area (Å²) in [6.07, 6.45) is 1.95. The van der Waals surface area contributed by atoms with Gasteiger partial charge in [-0.3, -0.25) is 4.79 Å². The third kappa shape index (κ3) is 4.33. The highest BCUT2D eigenvalue weighted by Crippen LogP contribution is 2.28. The van der Waals surface area contributed by atoms with Crippen LogP contribution in [0.15, 0.2) is 64.0 Å². The van der Waals surface area contributed by atoms with E-state index >= 15 is 0 Å². The Balaban J connectivity index is 1.87. The number of pyridine rings is 1. The Morgan fingerprint density at radius 3 is 2.48 bits per heavy atom. The summed E-state index contributed by atoms with van der Waals surface area (Å²) in [5.41, 5.74) is 1.91. The van der Waals surface area contributed by atoms with Crippen molar-refractivity contribution in [3.8, 4) is 5.75 Å². The number of halogens is 3. The van der Waals surface area contributed by atoms with Crippen LogP contribution in [-0.4, -0.2) is 4.98 Å². The van der Waals surface area contributed by atoms with Gasteiger partial charge in [0.25, 0.3) is 5.56 Å². The molecule has 2 aromatic carbocycles. The molecule has 3 aromatic rings. The van der Waals surface area contributed by atoms with Crippen molar-refractivity contribution in [3.05, 3.63) is 97.9 Å². The Hall–Kier alpha value is -2.47. The number of ether oxygens (including phenoxy) is 1. The van der Waals surface area contributed by atoms with E-state index in [4.69, 9.17) is 4.74 Å². The number of benzene rings is 2. The topological polar surface area (TPSA) is 42.1 Å². The maximum absolute atomic E-state index is 13.4. The number of hydrogen-bond donors (Lipinski definition) is 1. The van der Waals surface area contributed by atoms with E-state index < -0.39 is 0 Å². The third-order valence-electron chi connectivity index (χ3n) is 3.65. The van der Waals surface area contributed by atoms with Crippen molar-refractivity contribution in [1.29, 1.82) is 0 Å². The predicted octanol–water partition coefficient (Wildman–Crippen LogP) is 4.59. The lowest BCUT2D eigenvalue weighted by Gasteiger charge is -2.13. The van der Waals surface area contributed by atoms with Gasteiger partial charge in [0, 0.05) is 18.2 Å². The van der Waals surface area contributed by atoms with Crippen LogP contribution in [0, 0.1) is 11.6 Å². The van der Waals surface area contributed by atoms with E-state index in [-0.39, 0.29) is 28.3 Å². The smallest absolute Gasteiger partial charge is 0.266 e. The van der Waals surface area contributed by atoms with Crippen LogP contribution in [0.2, 0.25) is 0 Å². The van der Waals surface area contributed by atoms with Gasteiger partial charge in [0.15, 0.2) is 0 Å². The first-order chi connectivity index (χ1) is 12.0. The van der Waals surface area contributed by atoms with Crippen LogP contribution in [0.25, 0.3) is 0 Å². The summed E-state index contributed by atoms with van der Waals surface area (Å²) in [7, 11) is 0. The molecule has 0 bridgehead atoms. The van der Waals surface area contributed by atoms with Crippen LogP contribution in [0.3, 0.4) is 0 Å². The average Bonchev–Trinajstić information content (AvgIpc) is 2.59. The van der Waals surface area contributed by atoms with Crippen molar-refractivity contribution in [3.63, 3.8) is 0 Å². The van der Waals surface area contributed by atoms with Crippen LogP contribution in [0.1, 0.15) is 16.7 Å². The Morgan fingerprint density at radius 2 is 1.76 bits per heavy atom. The summed E-state index contributed by atoms with van der Waals surface area (Å²) in [5.74, 6) is -0.264. The molecule has 0 amide bonds. The molecule has 0 aliphatic carbocycles. The summed E-state index contributed by atoms with van der Waals surface area (Å²) in [5, 5.41) is 0. The third-order valence-corrected chi connectivity index (χ3v) is 4.37. The first-order valence-electron chi connectivity index (χ1n) is 7.54. The molecule has 0 saturated heterocycles. The number of aromatic amines is 1. The molecular formula is C19H14BrF2NO2. The minimum Gasteiger partial charge on any atom is -0.487 e. The maximum Gasteiger partial charge on any atom is 0.266 e. The summed E-state index contributed by atoms with van der Waals surface area (Å²) in [6.45, 7) is 0.179. The highest BCUT2D eigenvalue weighted by atomic mass is 79.9. The maximum atomic E-state index is 13.4. The minimum atomic E-state index is -0.326. The van der Waals surface area contributed by atoms with Gasteiger partial charge < -0.3 is 9.72 Å². The summed E-state index contributed by atoms with van der Waals surface area (Å²) in [4.78, 5) is 14.5. The molecule has 0 spiro atoms. The summed E-state index contributed by atoms with van der Waals surface area (Å²) < 4.78 is 32.4. The second-order valence-corrected chi connectivity index (χ2v) is 6.30. The van der Waals surface area contributed by atoms with E-state index in [9.17, 15) is 13.6 Å². The fraction of sp³-hybridized carbons (Fsp3) is 0.105. The SMILES string of the molecule is O=c1[nH]cc(Cc2cccc(F)c2)c(OCc2ccc(F)cc2)c1Br. The molecule has 1 aromatic heterocycles. The molecule has 0 saturated carbocycles. The van der Waals surface area contributed by atoms with E-state index in [0.29, 0.717) is 17.7 Å². The average molecular weight is 406 g/mol. The van der Waals surface area contributed by atoms with Crippen molar-refractivity contribution < 1.29 is 13.5 Å². The van der Waals surface area contributed by atoms with Crippen molar-refractivity contribution in [1.82, 2.24) is 4.98 Å². The standard InChI is InChI=1S/C19H14BrF2NO2/c20-17-18(25-11-12-4-6-15(21)7-5-12)14(10-23-19(17)24)8-13-2-1-3-16(22)9-13/h1-7,9-10H,8,11H2,(H,23,24). The van der Waals surface area contributed by atoms with Crippen LogP contribution in [0.5, 0.6) is 5.75 Å². The van der Waals surface area contributed by atoms with Crippen LogP contribution < -0.4 is 10.3 Å². The van der Waals surface area contributed by atoms with Crippen molar-refractivity contribution in [2.24, 2.45) is 0 Å². The largest absolute Gasteiger partial charge is 0.487 e. The van der Waals surface area contributed by atoms with Gasteiger partial charge in [-0.25, -0.2) is 8.78 Å². The van der Waals surface area contributed by atoms with Crippen molar-refractivity contribution >= 4 is 15.9 Å². The van der Waals surface area contributed by atoms with Crippen molar-refractivity contribution in [2.75, 3.05) is 0 Å². The van der Waals surface area contributed by atoms with Crippen molar-refractivity contribution in [2.45, 2.75) is 13.0 Å². The van der Waals surface area contributed by atoms with Gasteiger partial charge >= 0.3 is 0 Å². The predicted molar refractivity (Wildman–Crippen MR) is 94.7 cm³/mol. The van der Waals surface area contributed by atoms with Gasteiger partial charge in [0.05, 0.1) is 0 Å². The second-order valence-electron chi connectivity index (χ2n) is 5.51. The molecule has 3 nitrogen and oxygen atoms in total. The Morgan fingerprint density at radius 1 is 1.00 bits per heavy atom. The summed E-state index contributed by atoms with van der Waals surface area (Å²) >= 11 is 3.24. The quantitative estimate of drug-likeness (QED) is 0.674. The number of nitrogens with one attached hydrogen (secondary N) is 1. The zero-order valence-corrected chi connectivity index (χ0v) is 14.6. The Bertz CT molecular complexity index is 939. The van der Waals surface area contributed by atoms with Gasteiger partial charge in [-0.05, 0) is 51.3 Å². The lowest BCUT2D eigenvalue weighted by molar-refractivity contribution is 0.300. The molecule has 0 atom stereocenters. The summed E-state index contributed by atoms with van der Waals surface area (Å²) in [6, 6.07) is 12.2. The fourth-order valence-corrected chi connectivity index (χ4v) is 2.90. The van der Waals surface area contributed by atoms with Crippen LogP contribution in [-0.2, 0) is 13.0 Å².